The first-order valence-corrected chi connectivity index (χ1v) is 2.58. The highest BCUT2D eigenvalue weighted by Crippen LogP contribution is 1.94. The average molecular weight is 123 g/mol. The summed E-state index contributed by atoms with van der Waals surface area (Å²) in [5.41, 5.74) is 0. The molecule has 5 heteroatoms. The highest BCUT2D eigenvalue weighted by Gasteiger charge is 1.98. The lowest BCUT2D eigenvalue weighted by Gasteiger charge is -1.77. The summed E-state index contributed by atoms with van der Waals surface area (Å²) in [4.78, 5) is 0. The van der Waals surface area contributed by atoms with Crippen LogP contribution in [0, 0.1) is 6.92 Å². The van der Waals surface area contributed by atoms with Crippen LogP contribution in [-0.2, 0) is 0 Å². The number of rotatable bonds is 0. The van der Waals surface area contributed by atoms with Crippen molar-refractivity contribution in [2.45, 2.75) is 6.92 Å². The van der Waals surface area contributed by atoms with Gasteiger partial charge >= 0.3 is 0 Å². The van der Waals surface area contributed by atoms with Gasteiger partial charge in [-0.25, -0.2) is 5.10 Å². The third-order valence-electron chi connectivity index (χ3n) is 1.20. The van der Waals surface area contributed by atoms with E-state index in [2.05, 4.69) is 20.4 Å². The second kappa shape index (κ2) is 1.31. The second-order valence-corrected chi connectivity index (χ2v) is 1.80. The fourth-order valence-electron chi connectivity index (χ4n) is 0.728. The van der Waals surface area contributed by atoms with Crippen LogP contribution in [-0.4, -0.2) is 24.8 Å². The Hall–Kier alpha value is -1.39. The Bertz CT molecular complexity index is 318. The molecule has 0 aliphatic carbocycles. The maximum Gasteiger partial charge on any atom is 0.250 e. The van der Waals surface area contributed by atoms with E-state index in [4.69, 9.17) is 0 Å². The molecule has 0 amide bonds. The molecule has 46 valence electrons. The van der Waals surface area contributed by atoms with Gasteiger partial charge in [0.2, 0.25) is 0 Å². The number of aromatic nitrogens is 5. The zero-order chi connectivity index (χ0) is 6.27. The molecule has 0 aliphatic rings. The Kier molecular flexibility index (Phi) is 0.652. The molecule has 0 atom stereocenters. The summed E-state index contributed by atoms with van der Waals surface area (Å²) in [6.07, 6.45) is 1.64. The van der Waals surface area contributed by atoms with Gasteiger partial charge in [-0.2, -0.15) is 5.10 Å². The summed E-state index contributed by atoms with van der Waals surface area (Å²) in [5, 5.41) is 14.0. The van der Waals surface area contributed by atoms with Crippen molar-refractivity contribution in [3.05, 3.63) is 12.2 Å². The second-order valence-electron chi connectivity index (χ2n) is 1.80. The Balaban J connectivity index is 2.99. The lowest BCUT2D eigenvalue weighted by molar-refractivity contribution is 0.971. The molecule has 0 aromatic carbocycles. The SMILES string of the molecule is Cc1nnc2[nH]ncn12. The van der Waals surface area contributed by atoms with Gasteiger partial charge in [-0.3, -0.25) is 4.40 Å². The minimum atomic E-state index is 0.688. The summed E-state index contributed by atoms with van der Waals surface area (Å²) in [6, 6.07) is 0. The monoisotopic (exact) mass is 123 g/mol. The van der Waals surface area contributed by atoms with Crippen molar-refractivity contribution in [2.24, 2.45) is 0 Å². The number of hydrogen-bond acceptors (Lipinski definition) is 3. The smallest absolute Gasteiger partial charge is 0.250 e. The molecule has 0 radical (unpaired) electrons. The van der Waals surface area contributed by atoms with Crippen molar-refractivity contribution in [1.29, 1.82) is 0 Å². The van der Waals surface area contributed by atoms with Crippen LogP contribution in [0.25, 0.3) is 5.78 Å². The van der Waals surface area contributed by atoms with Crippen molar-refractivity contribution in [3.63, 3.8) is 0 Å². The van der Waals surface area contributed by atoms with E-state index in [1.165, 1.54) is 0 Å². The molecule has 2 heterocycles. The number of nitrogens with zero attached hydrogens (tertiary/aromatic N) is 4. The van der Waals surface area contributed by atoms with E-state index >= 15 is 0 Å². The lowest BCUT2D eigenvalue weighted by atomic mass is 10.7. The third-order valence-corrected chi connectivity index (χ3v) is 1.20. The highest BCUT2D eigenvalue weighted by molar-refractivity contribution is 5.23. The van der Waals surface area contributed by atoms with Crippen molar-refractivity contribution in [2.75, 3.05) is 0 Å². The molecule has 0 aliphatic heterocycles. The van der Waals surface area contributed by atoms with Gasteiger partial charge in [0.15, 0.2) is 0 Å². The molecule has 5 nitrogen and oxygen atoms in total. The molecule has 2 aromatic heterocycles. The Morgan fingerprint density at radius 2 is 2.44 bits per heavy atom. The Morgan fingerprint density at radius 3 is 3.22 bits per heavy atom. The highest BCUT2D eigenvalue weighted by atomic mass is 15.4. The standard InChI is InChI=1S/C4H5N5/c1-3-6-8-4-7-5-2-9(3)4/h2H,1H3,(H,7,8). The van der Waals surface area contributed by atoms with Gasteiger partial charge < -0.3 is 0 Å². The molecule has 0 saturated carbocycles. The normalized spacial score (nSPS) is 10.8. The summed E-state index contributed by atoms with van der Waals surface area (Å²) in [6.45, 7) is 1.87. The number of aromatic amines is 1. The fraction of sp³-hybridized carbons (Fsp3) is 0.250. The summed E-state index contributed by atoms with van der Waals surface area (Å²) in [7, 11) is 0. The zero-order valence-electron chi connectivity index (χ0n) is 4.87. The number of H-pyrrole nitrogens is 1. The molecular formula is C4H5N5. The maximum absolute atomic E-state index is 3.80. The van der Waals surface area contributed by atoms with Crippen LogP contribution < -0.4 is 0 Å². The minimum Gasteiger partial charge on any atom is -0.252 e. The quantitative estimate of drug-likeness (QED) is 0.526. The first-order valence-electron chi connectivity index (χ1n) is 2.58. The van der Waals surface area contributed by atoms with E-state index in [-0.39, 0.29) is 0 Å². The molecule has 2 aromatic rings. The van der Waals surface area contributed by atoms with Crippen molar-refractivity contribution in [3.8, 4) is 0 Å². The minimum absolute atomic E-state index is 0.688. The van der Waals surface area contributed by atoms with E-state index in [1.807, 2.05) is 6.92 Å². The lowest BCUT2D eigenvalue weighted by Crippen LogP contribution is -1.80. The maximum atomic E-state index is 3.80. The molecule has 0 saturated heterocycles. The van der Waals surface area contributed by atoms with Gasteiger partial charge in [0.1, 0.15) is 12.2 Å². The third kappa shape index (κ3) is 0.453. The number of fused-ring (bicyclic) bond motifs is 1. The van der Waals surface area contributed by atoms with E-state index in [0.29, 0.717) is 5.78 Å². The first-order chi connectivity index (χ1) is 4.38. The molecule has 0 spiro atoms. The molecule has 1 N–H and O–H groups in total. The van der Waals surface area contributed by atoms with E-state index in [0.717, 1.165) is 5.82 Å². The van der Waals surface area contributed by atoms with Gasteiger partial charge in [-0.1, -0.05) is 0 Å². The Labute approximate surface area is 50.7 Å². The molecule has 0 unspecified atom stereocenters. The molecule has 0 bridgehead atoms. The largest absolute Gasteiger partial charge is 0.252 e. The van der Waals surface area contributed by atoms with Gasteiger partial charge in [0, 0.05) is 0 Å². The Morgan fingerprint density at radius 1 is 1.56 bits per heavy atom. The van der Waals surface area contributed by atoms with Crippen LogP contribution in [0.1, 0.15) is 5.82 Å². The van der Waals surface area contributed by atoms with Gasteiger partial charge in [0.25, 0.3) is 5.78 Å². The van der Waals surface area contributed by atoms with Gasteiger partial charge in [0.05, 0.1) is 0 Å². The summed E-state index contributed by atoms with van der Waals surface area (Å²) < 4.78 is 1.78. The van der Waals surface area contributed by atoms with Crippen LogP contribution in [0.3, 0.4) is 0 Å². The predicted octanol–water partition coefficient (Wildman–Crippen LogP) is -0.239. The van der Waals surface area contributed by atoms with Crippen LogP contribution in [0.2, 0.25) is 0 Å². The number of nitrogens with one attached hydrogen (secondary N) is 1. The topological polar surface area (TPSA) is 58.9 Å². The number of hydrogen-bond donors (Lipinski definition) is 1. The van der Waals surface area contributed by atoms with Crippen LogP contribution in [0.15, 0.2) is 6.33 Å². The van der Waals surface area contributed by atoms with Gasteiger partial charge in [-0.05, 0) is 6.92 Å². The van der Waals surface area contributed by atoms with E-state index < -0.39 is 0 Å². The van der Waals surface area contributed by atoms with Gasteiger partial charge in [-0.15, -0.1) is 10.2 Å². The van der Waals surface area contributed by atoms with Crippen molar-refractivity contribution in [1.82, 2.24) is 24.8 Å². The average Bonchev–Trinajstić information content (AvgIpc) is 2.35. The summed E-state index contributed by atoms with van der Waals surface area (Å²) in [5.74, 6) is 1.53. The first kappa shape index (κ1) is 4.49. The van der Waals surface area contributed by atoms with Crippen LogP contribution >= 0.6 is 0 Å². The van der Waals surface area contributed by atoms with Crippen LogP contribution in [0.4, 0.5) is 0 Å². The number of aryl methyl sites for hydroxylation is 1. The van der Waals surface area contributed by atoms with E-state index in [9.17, 15) is 0 Å². The van der Waals surface area contributed by atoms with Crippen molar-refractivity contribution < 1.29 is 0 Å². The summed E-state index contributed by atoms with van der Waals surface area (Å²) >= 11 is 0. The molecule has 0 fully saturated rings. The molecule has 2 rings (SSSR count). The molecular weight excluding hydrogens is 118 g/mol. The predicted molar refractivity (Wildman–Crippen MR) is 29.9 cm³/mol. The van der Waals surface area contributed by atoms with Crippen molar-refractivity contribution >= 4 is 5.78 Å². The zero-order valence-corrected chi connectivity index (χ0v) is 4.87. The molecule has 9 heavy (non-hydrogen) atoms. The van der Waals surface area contributed by atoms with E-state index in [1.54, 1.807) is 10.7 Å². The van der Waals surface area contributed by atoms with Crippen LogP contribution in [0.5, 0.6) is 0 Å². The fourth-order valence-corrected chi connectivity index (χ4v) is 0.728.